The van der Waals surface area contributed by atoms with Gasteiger partial charge in [0.2, 0.25) is 0 Å². The number of fused-ring (bicyclic) bond motifs is 1. The van der Waals surface area contributed by atoms with Crippen molar-refractivity contribution in [3.05, 3.63) is 46.5 Å². The Balaban J connectivity index is 2.50. The number of carbonyl (C=O) groups excluding carboxylic acids is 2. The Labute approximate surface area is 150 Å². The molecular weight excluding hydrogens is 348 g/mol. The SMILES string of the molecule is C[C@@H]1C[C@@H](O)C/C=C\C=C\C(=O)Cc2c(Cl)c(O)cc(O)c2C(=O)O1. The van der Waals surface area contributed by atoms with Gasteiger partial charge in [-0.05, 0) is 19.4 Å². The molecule has 6 nitrogen and oxygen atoms in total. The van der Waals surface area contributed by atoms with Gasteiger partial charge in [-0.15, -0.1) is 0 Å². The lowest BCUT2D eigenvalue weighted by atomic mass is 9.99. The van der Waals surface area contributed by atoms with Crippen LogP contribution in [0.4, 0.5) is 0 Å². The standard InChI is InChI=1S/C18H19ClO6/c1-10-7-11(20)5-3-2-4-6-12(21)8-13-16(18(24)25-10)14(22)9-15(23)17(13)19/h2-4,6,9-11,20,22-23H,5,7-8H2,1H3/b3-2-,6-4+/t10-,11+/m1/s1. The van der Waals surface area contributed by atoms with Gasteiger partial charge in [0.25, 0.3) is 0 Å². The number of phenols is 2. The molecule has 2 rings (SSSR count). The smallest absolute Gasteiger partial charge is 0.342 e. The molecule has 1 aromatic rings. The third-order valence-corrected chi connectivity index (χ3v) is 4.15. The first-order chi connectivity index (χ1) is 11.8. The molecule has 0 saturated heterocycles. The molecule has 0 aromatic heterocycles. The number of esters is 1. The van der Waals surface area contributed by atoms with E-state index in [0.717, 1.165) is 6.07 Å². The van der Waals surface area contributed by atoms with Gasteiger partial charge < -0.3 is 20.1 Å². The molecule has 0 amide bonds. The molecule has 0 saturated carbocycles. The minimum atomic E-state index is -0.876. The van der Waals surface area contributed by atoms with Gasteiger partial charge in [-0.2, -0.15) is 0 Å². The summed E-state index contributed by atoms with van der Waals surface area (Å²) in [5.41, 5.74) is -0.272. The number of halogens is 1. The van der Waals surface area contributed by atoms with Crippen molar-refractivity contribution >= 4 is 23.4 Å². The van der Waals surface area contributed by atoms with Gasteiger partial charge >= 0.3 is 5.97 Å². The monoisotopic (exact) mass is 366 g/mol. The number of allylic oxidation sites excluding steroid dienone is 3. The largest absolute Gasteiger partial charge is 0.507 e. The molecule has 25 heavy (non-hydrogen) atoms. The molecule has 0 unspecified atom stereocenters. The predicted octanol–water partition coefficient (Wildman–Crippen LogP) is 2.68. The van der Waals surface area contributed by atoms with Crippen molar-refractivity contribution in [1.29, 1.82) is 0 Å². The summed E-state index contributed by atoms with van der Waals surface area (Å²) in [5, 5.41) is 29.5. The Morgan fingerprint density at radius 2 is 1.92 bits per heavy atom. The second-order valence-electron chi connectivity index (χ2n) is 5.85. The fourth-order valence-electron chi connectivity index (χ4n) is 2.56. The van der Waals surface area contributed by atoms with E-state index in [1.165, 1.54) is 12.2 Å². The van der Waals surface area contributed by atoms with E-state index in [1.807, 2.05) is 0 Å². The lowest BCUT2D eigenvalue weighted by Crippen LogP contribution is -2.22. The number of hydrogen-bond acceptors (Lipinski definition) is 6. The fraction of sp³-hybridized carbons (Fsp3) is 0.333. The second kappa shape index (κ2) is 8.18. The van der Waals surface area contributed by atoms with Gasteiger partial charge in [0, 0.05) is 24.5 Å². The molecule has 1 aromatic carbocycles. The number of rotatable bonds is 0. The van der Waals surface area contributed by atoms with Crippen molar-refractivity contribution in [2.24, 2.45) is 0 Å². The molecule has 2 atom stereocenters. The minimum Gasteiger partial charge on any atom is -0.507 e. The number of ether oxygens (including phenoxy) is 1. The number of ketones is 1. The van der Waals surface area contributed by atoms with E-state index in [2.05, 4.69) is 0 Å². The summed E-state index contributed by atoms with van der Waals surface area (Å²) >= 11 is 6.03. The first-order valence-electron chi connectivity index (χ1n) is 7.78. The van der Waals surface area contributed by atoms with Crippen LogP contribution in [0.15, 0.2) is 30.4 Å². The van der Waals surface area contributed by atoms with Gasteiger partial charge in [-0.25, -0.2) is 4.79 Å². The third kappa shape index (κ3) is 4.84. The lowest BCUT2D eigenvalue weighted by Gasteiger charge is -2.19. The Hall–Kier alpha value is -2.31. The molecule has 134 valence electrons. The van der Waals surface area contributed by atoms with Gasteiger partial charge in [0.05, 0.1) is 11.1 Å². The molecule has 0 fully saturated rings. The lowest BCUT2D eigenvalue weighted by molar-refractivity contribution is -0.114. The highest BCUT2D eigenvalue weighted by Gasteiger charge is 2.26. The van der Waals surface area contributed by atoms with Crippen LogP contribution >= 0.6 is 11.6 Å². The van der Waals surface area contributed by atoms with E-state index in [4.69, 9.17) is 16.3 Å². The van der Waals surface area contributed by atoms with Crippen LogP contribution in [0, 0.1) is 0 Å². The second-order valence-corrected chi connectivity index (χ2v) is 6.23. The maximum Gasteiger partial charge on any atom is 0.342 e. The number of aliphatic hydroxyl groups is 1. The highest BCUT2D eigenvalue weighted by atomic mass is 35.5. The number of carbonyl (C=O) groups is 2. The number of hydrogen-bond donors (Lipinski definition) is 3. The van der Waals surface area contributed by atoms with Crippen LogP contribution in [-0.4, -0.2) is 39.3 Å². The van der Waals surface area contributed by atoms with E-state index >= 15 is 0 Å². The average Bonchev–Trinajstić information content (AvgIpc) is 2.50. The van der Waals surface area contributed by atoms with Crippen LogP contribution in [0.5, 0.6) is 11.5 Å². The summed E-state index contributed by atoms with van der Waals surface area (Å²) in [7, 11) is 0. The molecule has 0 aliphatic carbocycles. The zero-order valence-electron chi connectivity index (χ0n) is 13.6. The van der Waals surface area contributed by atoms with Crippen LogP contribution < -0.4 is 0 Å². The highest BCUT2D eigenvalue weighted by Crippen LogP contribution is 2.37. The topological polar surface area (TPSA) is 104 Å². The van der Waals surface area contributed by atoms with Crippen molar-refractivity contribution in [2.75, 3.05) is 0 Å². The normalized spacial score (nSPS) is 24.8. The number of cyclic esters (lactones) is 1. The number of aromatic hydroxyl groups is 2. The predicted molar refractivity (Wildman–Crippen MR) is 91.9 cm³/mol. The number of aliphatic hydroxyl groups excluding tert-OH is 1. The molecule has 3 N–H and O–H groups in total. The quantitative estimate of drug-likeness (QED) is 0.610. The van der Waals surface area contributed by atoms with E-state index in [-0.39, 0.29) is 34.8 Å². The van der Waals surface area contributed by atoms with Gasteiger partial charge in [-0.3, -0.25) is 4.79 Å². The number of benzene rings is 1. The zero-order chi connectivity index (χ0) is 18.6. The van der Waals surface area contributed by atoms with E-state index in [1.54, 1.807) is 19.1 Å². The fourth-order valence-corrected chi connectivity index (χ4v) is 2.77. The van der Waals surface area contributed by atoms with Crippen molar-refractivity contribution in [1.82, 2.24) is 0 Å². The van der Waals surface area contributed by atoms with Crippen molar-refractivity contribution < 1.29 is 29.6 Å². The van der Waals surface area contributed by atoms with Crippen LogP contribution in [-0.2, 0) is 16.0 Å². The van der Waals surface area contributed by atoms with Crippen LogP contribution in [0.3, 0.4) is 0 Å². The summed E-state index contributed by atoms with van der Waals surface area (Å²) in [6, 6.07) is 0.925. The summed E-state index contributed by atoms with van der Waals surface area (Å²) in [6.07, 6.45) is 5.06. The summed E-state index contributed by atoms with van der Waals surface area (Å²) < 4.78 is 5.25. The zero-order valence-corrected chi connectivity index (χ0v) is 14.4. The Bertz CT molecular complexity index is 738. The van der Waals surface area contributed by atoms with Crippen LogP contribution in [0.25, 0.3) is 0 Å². The van der Waals surface area contributed by atoms with Crippen molar-refractivity contribution in [3.8, 4) is 11.5 Å². The Morgan fingerprint density at radius 3 is 2.64 bits per heavy atom. The Morgan fingerprint density at radius 1 is 1.20 bits per heavy atom. The van der Waals surface area contributed by atoms with E-state index in [9.17, 15) is 24.9 Å². The maximum absolute atomic E-state index is 12.4. The van der Waals surface area contributed by atoms with Crippen molar-refractivity contribution in [2.45, 2.75) is 38.4 Å². The summed E-state index contributed by atoms with van der Waals surface area (Å²) in [4.78, 5) is 24.5. The third-order valence-electron chi connectivity index (χ3n) is 3.73. The Kier molecular flexibility index (Phi) is 6.22. The molecule has 7 heteroatoms. The van der Waals surface area contributed by atoms with Gasteiger partial charge in [0.1, 0.15) is 23.2 Å². The van der Waals surface area contributed by atoms with Gasteiger partial charge in [0.15, 0.2) is 5.78 Å². The van der Waals surface area contributed by atoms with Gasteiger partial charge in [-0.1, -0.05) is 29.8 Å². The molecule has 0 bridgehead atoms. The minimum absolute atomic E-state index is 0.00685. The first kappa shape index (κ1) is 19.0. The molecule has 0 spiro atoms. The van der Waals surface area contributed by atoms with Crippen molar-refractivity contribution in [3.63, 3.8) is 0 Å². The van der Waals surface area contributed by atoms with Crippen LogP contribution in [0.2, 0.25) is 5.02 Å². The molecule has 1 aliphatic rings. The molecule has 1 aliphatic heterocycles. The van der Waals surface area contributed by atoms with E-state index < -0.39 is 29.7 Å². The molecule has 1 heterocycles. The van der Waals surface area contributed by atoms with Crippen LogP contribution in [0.1, 0.15) is 35.7 Å². The summed E-state index contributed by atoms with van der Waals surface area (Å²) in [5.74, 6) is -2.22. The molecule has 0 radical (unpaired) electrons. The summed E-state index contributed by atoms with van der Waals surface area (Å²) in [6.45, 7) is 1.61. The highest BCUT2D eigenvalue weighted by molar-refractivity contribution is 6.33. The first-order valence-corrected chi connectivity index (χ1v) is 8.15. The average molecular weight is 367 g/mol. The van der Waals surface area contributed by atoms with E-state index in [0.29, 0.717) is 6.42 Å². The maximum atomic E-state index is 12.4. The molecular formula is C18H19ClO6. The number of phenolic OH excluding ortho intramolecular Hbond substituents is 2.